The number of phenolic OH excluding ortho intramolecular Hbond substituents is 2. The first-order valence-corrected chi connectivity index (χ1v) is 26.9. The van der Waals surface area contributed by atoms with Crippen LogP contribution in [0.25, 0.3) is 0 Å². The molecule has 8 fully saturated rings. The largest absolute Gasteiger partial charge is 0.508 e. The summed E-state index contributed by atoms with van der Waals surface area (Å²) in [5.41, 5.74) is 4.77. The van der Waals surface area contributed by atoms with E-state index >= 15 is 0 Å². The van der Waals surface area contributed by atoms with E-state index < -0.39 is 0 Å². The monoisotopic (exact) mass is 925 g/mol. The molecule has 0 aliphatic heterocycles. The lowest BCUT2D eigenvalue weighted by atomic mass is 9.49. The zero-order chi connectivity index (χ0) is 48.6. The van der Waals surface area contributed by atoms with E-state index in [1.165, 1.54) is 60.8 Å². The molecule has 4 atom stereocenters. The molecule has 8 aliphatic carbocycles. The number of benzene rings is 4. The highest BCUT2D eigenvalue weighted by Crippen LogP contribution is 2.61. The van der Waals surface area contributed by atoms with Crippen LogP contribution in [0.4, 0.5) is 0 Å². The zero-order valence-electron chi connectivity index (χ0n) is 42.9. The van der Waals surface area contributed by atoms with Gasteiger partial charge in [0.05, 0.1) is 10.8 Å². The quantitative estimate of drug-likeness (QED) is 0.109. The van der Waals surface area contributed by atoms with E-state index in [1.54, 1.807) is 18.2 Å². The maximum Gasteiger partial charge on any atom is 0.317 e. The van der Waals surface area contributed by atoms with Gasteiger partial charge < -0.3 is 19.7 Å². The summed E-state index contributed by atoms with van der Waals surface area (Å²) in [7, 11) is 0. The molecule has 2 N–H and O–H groups in total. The molecule has 4 aromatic rings. The van der Waals surface area contributed by atoms with Crippen molar-refractivity contribution in [2.24, 2.45) is 46.3 Å². The number of aromatic hydroxyl groups is 2. The van der Waals surface area contributed by atoms with Crippen LogP contribution >= 0.6 is 0 Å². The van der Waals surface area contributed by atoms with E-state index in [0.29, 0.717) is 35.2 Å². The predicted molar refractivity (Wildman–Crippen MR) is 276 cm³/mol. The summed E-state index contributed by atoms with van der Waals surface area (Å²) in [5.74, 6) is 9.14. The van der Waals surface area contributed by atoms with Gasteiger partial charge in [-0.25, -0.2) is 0 Å². The number of esters is 2. The molecule has 0 spiro atoms. The normalized spacial score (nSPS) is 28.5. The third-order valence-corrected chi connectivity index (χ3v) is 17.6. The van der Waals surface area contributed by atoms with Crippen molar-refractivity contribution in [2.45, 2.75) is 182 Å². The Morgan fingerprint density at radius 2 is 0.779 bits per heavy atom. The molecule has 6 nitrogen and oxygen atoms in total. The Labute approximate surface area is 410 Å². The molecule has 0 radical (unpaired) electrons. The van der Waals surface area contributed by atoms with Crippen LogP contribution in [0.15, 0.2) is 97.1 Å². The third kappa shape index (κ3) is 12.6. The van der Waals surface area contributed by atoms with Gasteiger partial charge >= 0.3 is 11.9 Å². The Hall–Kier alpha value is -4.58. The minimum absolute atomic E-state index is 0.0490. The first-order valence-electron chi connectivity index (χ1n) is 26.9. The summed E-state index contributed by atoms with van der Waals surface area (Å²) in [6.45, 7) is 17.5. The number of rotatable bonds is 12. The summed E-state index contributed by atoms with van der Waals surface area (Å²) >= 11 is 0. The highest BCUT2D eigenvalue weighted by atomic mass is 16.5. The van der Waals surface area contributed by atoms with Gasteiger partial charge in [-0.2, -0.15) is 0 Å². The number of hydrogen-bond acceptors (Lipinski definition) is 6. The van der Waals surface area contributed by atoms with Gasteiger partial charge in [-0.15, -0.1) is 0 Å². The number of phenols is 2. The van der Waals surface area contributed by atoms with Crippen molar-refractivity contribution in [3.05, 3.63) is 119 Å². The summed E-state index contributed by atoms with van der Waals surface area (Å²) in [4.78, 5) is 25.9. The van der Waals surface area contributed by atoms with Gasteiger partial charge in [0.15, 0.2) is 0 Å². The van der Waals surface area contributed by atoms with Gasteiger partial charge in [-0.3, -0.25) is 9.59 Å². The fraction of sp³-hybridized carbons (Fsp3) is 0.581. The standard InChI is InChI=1S/2C21H28O2.2C10H14O/c1-3-14(2)18-4-6-19(7-5-18)23-20(22)21-11-15-8-16(12-21)10-17(9-15)13-21;1-3-14(2)18-5-4-6-19(10-18)23-20(22)21-11-15-7-16(12-21)9-17(8-15)13-21;1-3-8(2)9-4-6-10(11)7-5-9;1-3-8(2)9-5-4-6-10(11)7-9/h4-7,14-17H,3,8-13H2,1-2H3;4-6,10,14-17H,3,7-9,11-13H2,1-2H3;2*4-8,11H,3H2,1-2H3. The van der Waals surface area contributed by atoms with Gasteiger partial charge in [-0.1, -0.05) is 104 Å². The molecule has 368 valence electrons. The second-order valence-electron chi connectivity index (χ2n) is 22.7. The lowest BCUT2D eigenvalue weighted by molar-refractivity contribution is -0.162. The first kappa shape index (κ1) is 51.3. The van der Waals surface area contributed by atoms with E-state index in [1.807, 2.05) is 54.6 Å². The maximum atomic E-state index is 13.0. The van der Waals surface area contributed by atoms with Crippen molar-refractivity contribution in [3.8, 4) is 23.0 Å². The average Bonchev–Trinajstić information content (AvgIpc) is 3.33. The van der Waals surface area contributed by atoms with Crippen molar-refractivity contribution in [1.82, 2.24) is 0 Å². The molecule has 6 heteroatoms. The van der Waals surface area contributed by atoms with E-state index in [0.717, 1.165) is 111 Å². The van der Waals surface area contributed by atoms with Gasteiger partial charge in [-0.05, 0) is 233 Å². The fourth-order valence-electron chi connectivity index (χ4n) is 13.5. The van der Waals surface area contributed by atoms with Crippen LogP contribution in [0.2, 0.25) is 0 Å². The van der Waals surface area contributed by atoms with E-state index in [-0.39, 0.29) is 22.8 Å². The van der Waals surface area contributed by atoms with Crippen molar-refractivity contribution < 1.29 is 29.3 Å². The third-order valence-electron chi connectivity index (χ3n) is 17.6. The second-order valence-corrected chi connectivity index (χ2v) is 22.7. The molecule has 4 unspecified atom stereocenters. The Bertz CT molecular complexity index is 2170. The molecule has 8 bridgehead atoms. The van der Waals surface area contributed by atoms with E-state index in [9.17, 15) is 9.59 Å². The molecule has 0 amide bonds. The van der Waals surface area contributed by atoms with Crippen molar-refractivity contribution in [3.63, 3.8) is 0 Å². The van der Waals surface area contributed by atoms with Crippen molar-refractivity contribution >= 4 is 11.9 Å². The molecular weight excluding hydrogens is 841 g/mol. The van der Waals surface area contributed by atoms with Crippen LogP contribution in [0, 0.1) is 46.3 Å². The van der Waals surface area contributed by atoms with Crippen molar-refractivity contribution in [2.75, 3.05) is 0 Å². The van der Waals surface area contributed by atoms with Crippen LogP contribution in [0.5, 0.6) is 23.0 Å². The predicted octanol–water partition coefficient (Wildman–Crippen LogP) is 16.5. The molecule has 4 aromatic carbocycles. The Kier molecular flexibility index (Phi) is 17.3. The summed E-state index contributed by atoms with van der Waals surface area (Å²) in [6, 6.07) is 31.2. The lowest BCUT2D eigenvalue weighted by Crippen LogP contribution is -2.51. The van der Waals surface area contributed by atoms with Gasteiger partial charge in [0.2, 0.25) is 0 Å². The highest BCUT2D eigenvalue weighted by molar-refractivity contribution is 5.80. The molecule has 0 saturated heterocycles. The van der Waals surface area contributed by atoms with E-state index in [2.05, 4.69) is 79.7 Å². The molecule has 12 rings (SSSR count). The molecule has 0 aromatic heterocycles. The Morgan fingerprint density at radius 3 is 1.16 bits per heavy atom. The second kappa shape index (κ2) is 22.9. The van der Waals surface area contributed by atoms with Crippen LogP contribution in [-0.2, 0) is 9.59 Å². The Morgan fingerprint density at radius 1 is 0.441 bits per heavy atom. The number of carbonyl (C=O) groups excluding carboxylic acids is 2. The van der Waals surface area contributed by atoms with Crippen LogP contribution < -0.4 is 9.47 Å². The maximum absolute atomic E-state index is 13.0. The van der Waals surface area contributed by atoms with Crippen LogP contribution in [0.3, 0.4) is 0 Å². The number of ether oxygens (including phenoxy) is 2. The SMILES string of the molecule is CCC(C)c1ccc(O)cc1.CCC(C)c1ccc(OC(=O)C23CC4CC(CC(C4)C2)C3)cc1.CCC(C)c1cccc(O)c1.CCC(C)c1cccc(OC(=O)C23CC4CC(CC(C4)C2)C3)c1. The lowest BCUT2D eigenvalue weighted by Gasteiger charge is -2.55. The minimum atomic E-state index is -0.166. The van der Waals surface area contributed by atoms with Crippen LogP contribution in [-0.4, -0.2) is 22.2 Å². The van der Waals surface area contributed by atoms with Gasteiger partial charge in [0, 0.05) is 0 Å². The molecule has 68 heavy (non-hydrogen) atoms. The molecule has 0 heterocycles. The summed E-state index contributed by atoms with van der Waals surface area (Å²) in [6.07, 6.45) is 19.1. The first-order chi connectivity index (χ1) is 32.6. The van der Waals surface area contributed by atoms with Crippen LogP contribution in [0.1, 0.15) is 204 Å². The zero-order valence-corrected chi connectivity index (χ0v) is 42.9. The fourth-order valence-corrected chi connectivity index (χ4v) is 13.5. The average molecular weight is 925 g/mol. The summed E-state index contributed by atoms with van der Waals surface area (Å²) in [5, 5.41) is 18.2. The minimum Gasteiger partial charge on any atom is -0.508 e. The topological polar surface area (TPSA) is 93.1 Å². The molecule has 8 saturated carbocycles. The molecular formula is C62H84O6. The smallest absolute Gasteiger partial charge is 0.317 e. The number of hydrogen-bond donors (Lipinski definition) is 2. The molecule has 8 aliphatic rings. The number of carbonyl (C=O) groups is 2. The van der Waals surface area contributed by atoms with Crippen molar-refractivity contribution in [1.29, 1.82) is 0 Å². The van der Waals surface area contributed by atoms with E-state index in [4.69, 9.17) is 19.7 Å². The summed E-state index contributed by atoms with van der Waals surface area (Å²) < 4.78 is 11.7. The highest BCUT2D eigenvalue weighted by Gasteiger charge is 2.57. The Balaban J connectivity index is 0.000000143. The van der Waals surface area contributed by atoms with Gasteiger partial charge in [0.1, 0.15) is 23.0 Å². The van der Waals surface area contributed by atoms with Gasteiger partial charge in [0.25, 0.3) is 0 Å².